The van der Waals surface area contributed by atoms with Gasteiger partial charge in [-0.25, -0.2) is 18.7 Å². The zero-order valence-corrected chi connectivity index (χ0v) is 20.5. The molecule has 0 amide bonds. The molecule has 11 heteroatoms. The highest BCUT2D eigenvalue weighted by Gasteiger charge is 2.19. The maximum absolute atomic E-state index is 14.8. The molecule has 0 unspecified atom stereocenters. The van der Waals surface area contributed by atoms with Crippen LogP contribution in [0.2, 0.25) is 0 Å². The Hall–Kier alpha value is -4.48. The first-order valence-corrected chi connectivity index (χ1v) is 12.0. The molecule has 3 aromatic heterocycles. The molecule has 0 fully saturated rings. The van der Waals surface area contributed by atoms with Crippen LogP contribution in [0.1, 0.15) is 18.1 Å². The van der Waals surface area contributed by atoms with E-state index >= 15 is 0 Å². The second kappa shape index (κ2) is 11.3. The Labute approximate surface area is 217 Å². The molecule has 0 aliphatic carbocycles. The topological polar surface area (TPSA) is 110 Å². The summed E-state index contributed by atoms with van der Waals surface area (Å²) in [6.45, 7) is 2.04. The van der Waals surface area contributed by atoms with E-state index in [1.807, 2.05) is 24.3 Å². The average Bonchev–Trinajstić information content (AvgIpc) is 3.29. The lowest BCUT2D eigenvalue weighted by atomic mass is 10.1. The van der Waals surface area contributed by atoms with Crippen molar-refractivity contribution in [3.05, 3.63) is 89.9 Å². The molecule has 0 saturated heterocycles. The molecule has 0 aliphatic heterocycles. The van der Waals surface area contributed by atoms with Gasteiger partial charge >= 0.3 is 0 Å². The van der Waals surface area contributed by atoms with Crippen LogP contribution in [0.4, 0.5) is 20.3 Å². The number of nitrogens with one attached hydrogen (secondary N) is 2. The predicted octanol–water partition coefficient (Wildman–Crippen LogP) is 4.40. The van der Waals surface area contributed by atoms with Gasteiger partial charge in [-0.15, -0.1) is 0 Å². The van der Waals surface area contributed by atoms with Gasteiger partial charge in [-0.05, 0) is 25.1 Å². The number of aliphatic hydroxyl groups is 1. The van der Waals surface area contributed by atoms with E-state index in [-0.39, 0.29) is 24.6 Å². The lowest BCUT2D eigenvalue weighted by Gasteiger charge is -2.12. The van der Waals surface area contributed by atoms with Gasteiger partial charge in [-0.2, -0.15) is 5.10 Å². The fourth-order valence-corrected chi connectivity index (χ4v) is 4.06. The van der Waals surface area contributed by atoms with Crippen LogP contribution in [0.15, 0.2) is 67.1 Å². The van der Waals surface area contributed by atoms with Crippen LogP contribution in [0.3, 0.4) is 0 Å². The number of hydrogen-bond acceptors (Lipinski definition) is 8. The third-order valence-corrected chi connectivity index (χ3v) is 5.84. The number of halogens is 2. The van der Waals surface area contributed by atoms with E-state index < -0.39 is 11.6 Å². The third kappa shape index (κ3) is 5.29. The number of aliphatic hydroxyl groups excluding tert-OH is 1. The minimum atomic E-state index is -0.713. The van der Waals surface area contributed by atoms with Gasteiger partial charge in [0.2, 0.25) is 0 Å². The number of rotatable bonds is 10. The van der Waals surface area contributed by atoms with Gasteiger partial charge in [0.25, 0.3) is 0 Å². The first-order chi connectivity index (χ1) is 18.6. The number of ether oxygens (including phenoxy) is 1. The number of benzene rings is 2. The monoisotopic (exact) mass is 517 g/mol. The highest BCUT2D eigenvalue weighted by Crippen LogP contribution is 2.30. The summed E-state index contributed by atoms with van der Waals surface area (Å²) in [7, 11) is 0. The fraction of sp³-hybridized carbons (Fsp3) is 0.185. The van der Waals surface area contributed by atoms with E-state index in [1.54, 1.807) is 37.6 Å². The molecule has 0 aliphatic rings. The molecule has 3 heterocycles. The normalized spacial score (nSPS) is 11.2. The zero-order valence-electron chi connectivity index (χ0n) is 20.5. The van der Waals surface area contributed by atoms with E-state index in [1.165, 1.54) is 16.8 Å². The first kappa shape index (κ1) is 25.2. The quantitative estimate of drug-likeness (QED) is 0.234. The van der Waals surface area contributed by atoms with E-state index in [0.29, 0.717) is 36.0 Å². The van der Waals surface area contributed by atoms with Crippen molar-refractivity contribution in [2.75, 3.05) is 18.7 Å². The standard InChI is InChI=1S/C27H25F2N7O2/c1-2-38-19-11-22(28)21(23(29)12-19)15-36-24-6-4-3-5-20(24)25(35-36)27-32-14-17(13-31-16-37)26(34-27)33-18-7-9-30-10-8-18/h3-12,14,31,37H,2,13,15-16H2,1H3,(H,30,32,33,34). The van der Waals surface area contributed by atoms with Crippen molar-refractivity contribution in [2.24, 2.45) is 0 Å². The third-order valence-electron chi connectivity index (χ3n) is 5.84. The van der Waals surface area contributed by atoms with E-state index in [0.717, 1.165) is 16.6 Å². The molecule has 0 bridgehead atoms. The predicted molar refractivity (Wildman–Crippen MR) is 139 cm³/mol. The van der Waals surface area contributed by atoms with Crippen molar-refractivity contribution < 1.29 is 18.6 Å². The molecular weight excluding hydrogens is 492 g/mol. The SMILES string of the molecule is CCOc1cc(F)c(Cn2nc(-c3ncc(CNCO)c(Nc4ccncc4)n3)c3ccccc32)c(F)c1. The van der Waals surface area contributed by atoms with Gasteiger partial charge in [-0.1, -0.05) is 18.2 Å². The van der Waals surface area contributed by atoms with Crippen LogP contribution in [0.25, 0.3) is 22.4 Å². The lowest BCUT2D eigenvalue weighted by Crippen LogP contribution is -2.16. The van der Waals surface area contributed by atoms with Crippen molar-refractivity contribution in [3.8, 4) is 17.3 Å². The van der Waals surface area contributed by atoms with Crippen molar-refractivity contribution in [2.45, 2.75) is 20.0 Å². The van der Waals surface area contributed by atoms with Gasteiger partial charge in [0.05, 0.1) is 25.4 Å². The van der Waals surface area contributed by atoms with Crippen LogP contribution >= 0.6 is 0 Å². The smallest absolute Gasteiger partial charge is 0.182 e. The molecule has 0 saturated carbocycles. The minimum Gasteiger partial charge on any atom is -0.494 e. The highest BCUT2D eigenvalue weighted by molar-refractivity contribution is 5.91. The molecule has 194 valence electrons. The number of aromatic nitrogens is 5. The summed E-state index contributed by atoms with van der Waals surface area (Å²) in [5.41, 5.74) is 2.51. The average molecular weight is 518 g/mol. The molecule has 3 N–H and O–H groups in total. The highest BCUT2D eigenvalue weighted by atomic mass is 19.1. The molecule has 0 radical (unpaired) electrons. The molecule has 2 aromatic carbocycles. The summed E-state index contributed by atoms with van der Waals surface area (Å²) in [5, 5.41) is 20.7. The second-order valence-corrected chi connectivity index (χ2v) is 8.34. The summed E-state index contributed by atoms with van der Waals surface area (Å²) in [4.78, 5) is 13.3. The minimum absolute atomic E-state index is 0.125. The Kier molecular flexibility index (Phi) is 7.47. The van der Waals surface area contributed by atoms with Crippen molar-refractivity contribution >= 4 is 22.4 Å². The summed E-state index contributed by atoms with van der Waals surface area (Å²) in [6.07, 6.45) is 4.96. The van der Waals surface area contributed by atoms with Crippen LogP contribution in [0, 0.1) is 11.6 Å². The van der Waals surface area contributed by atoms with Gasteiger partial charge < -0.3 is 15.2 Å². The Morgan fingerprint density at radius 2 is 1.82 bits per heavy atom. The maximum Gasteiger partial charge on any atom is 0.182 e. The molecule has 9 nitrogen and oxygen atoms in total. The molecule has 5 aromatic rings. The van der Waals surface area contributed by atoms with Gasteiger partial charge in [0, 0.05) is 59.5 Å². The molecule has 0 spiro atoms. The Balaban J connectivity index is 1.56. The van der Waals surface area contributed by atoms with Crippen molar-refractivity contribution in [1.29, 1.82) is 0 Å². The number of nitrogens with zero attached hydrogens (tertiary/aromatic N) is 5. The van der Waals surface area contributed by atoms with Crippen molar-refractivity contribution in [1.82, 2.24) is 30.0 Å². The summed E-state index contributed by atoms with van der Waals surface area (Å²) in [6, 6.07) is 13.3. The summed E-state index contributed by atoms with van der Waals surface area (Å²) >= 11 is 0. The van der Waals surface area contributed by atoms with Gasteiger partial charge in [0.15, 0.2) is 5.82 Å². The largest absolute Gasteiger partial charge is 0.494 e. The number of anilines is 2. The van der Waals surface area contributed by atoms with Gasteiger partial charge in [0.1, 0.15) is 28.9 Å². The first-order valence-electron chi connectivity index (χ1n) is 12.0. The van der Waals surface area contributed by atoms with E-state index in [4.69, 9.17) is 9.72 Å². The fourth-order valence-electron chi connectivity index (χ4n) is 4.06. The summed E-state index contributed by atoms with van der Waals surface area (Å²) < 4.78 is 36.4. The van der Waals surface area contributed by atoms with E-state index in [2.05, 4.69) is 25.7 Å². The number of para-hydroxylation sites is 1. The van der Waals surface area contributed by atoms with Crippen LogP contribution in [0.5, 0.6) is 5.75 Å². The second-order valence-electron chi connectivity index (χ2n) is 8.34. The lowest BCUT2D eigenvalue weighted by molar-refractivity contribution is 0.259. The van der Waals surface area contributed by atoms with Crippen LogP contribution in [-0.2, 0) is 13.1 Å². The van der Waals surface area contributed by atoms with Crippen LogP contribution < -0.4 is 15.4 Å². The number of hydrogen-bond donors (Lipinski definition) is 3. The molecule has 38 heavy (non-hydrogen) atoms. The Bertz CT molecular complexity index is 1540. The van der Waals surface area contributed by atoms with Crippen LogP contribution in [-0.4, -0.2) is 43.2 Å². The Morgan fingerprint density at radius 3 is 2.55 bits per heavy atom. The maximum atomic E-state index is 14.8. The molecule has 0 atom stereocenters. The number of fused-ring (bicyclic) bond motifs is 1. The van der Waals surface area contributed by atoms with Crippen molar-refractivity contribution in [3.63, 3.8) is 0 Å². The summed E-state index contributed by atoms with van der Waals surface area (Å²) in [5.74, 6) is -0.442. The number of pyridine rings is 1. The molecular formula is C27H25F2N7O2. The van der Waals surface area contributed by atoms with Gasteiger partial charge in [-0.3, -0.25) is 15.0 Å². The Morgan fingerprint density at radius 1 is 1.05 bits per heavy atom. The zero-order chi connectivity index (χ0) is 26.5. The van der Waals surface area contributed by atoms with E-state index in [9.17, 15) is 13.9 Å². The molecule has 5 rings (SSSR count).